The molecule has 0 heterocycles. The van der Waals surface area contributed by atoms with E-state index in [1.807, 2.05) is 0 Å². The Morgan fingerprint density at radius 1 is 0.833 bits per heavy atom. The molecule has 0 bridgehead atoms. The van der Waals surface area contributed by atoms with Crippen LogP contribution in [0.3, 0.4) is 0 Å². The van der Waals surface area contributed by atoms with Crippen molar-refractivity contribution in [2.45, 2.75) is 13.8 Å². The predicted molar refractivity (Wildman–Crippen MR) is 74.9 cm³/mol. The maximum absolute atomic E-state index is 11.5. The third-order valence-corrected chi connectivity index (χ3v) is 3.11. The minimum Gasteiger partial charge on any atom is -0.545 e. The largest absolute Gasteiger partial charge is 1.00 e. The fraction of sp³-hybridized carbons (Fsp3) is 0.250. The maximum atomic E-state index is 11.5. The summed E-state index contributed by atoms with van der Waals surface area (Å²) in [7, 11) is 0. The number of carboxylic acids is 2. The van der Waals surface area contributed by atoms with Crippen molar-refractivity contribution in [3.05, 3.63) is 35.4 Å². The van der Waals surface area contributed by atoms with Gasteiger partial charge in [-0.3, -0.25) is 0 Å². The van der Waals surface area contributed by atoms with Crippen LogP contribution in [-0.2, 0) is 0 Å². The summed E-state index contributed by atoms with van der Waals surface area (Å²) in [5.74, 6) is -3.43. The van der Waals surface area contributed by atoms with Crippen molar-refractivity contribution in [2.75, 3.05) is 13.2 Å². The third-order valence-electron chi connectivity index (χ3n) is 3.11. The molecule has 0 unspecified atom stereocenters. The second-order valence-electron chi connectivity index (χ2n) is 4.39. The zero-order valence-electron chi connectivity index (χ0n) is 14.2. The first-order valence-corrected chi connectivity index (χ1v) is 6.79. The number of carbonyl (C=O) groups is 2. The number of ether oxygens (including phenoxy) is 2. The zero-order chi connectivity index (χ0) is 16.3. The van der Waals surface area contributed by atoms with Gasteiger partial charge in [0.05, 0.1) is 36.3 Å². The van der Waals surface area contributed by atoms with Crippen LogP contribution in [0.2, 0.25) is 0 Å². The number of aromatic carboxylic acids is 2. The molecule has 0 fully saturated rings. The molecule has 0 aliphatic carbocycles. The Kier molecular flexibility index (Phi) is 9.96. The van der Waals surface area contributed by atoms with Crippen LogP contribution in [0.1, 0.15) is 34.6 Å². The number of carboxylic acid groups (broad SMARTS) is 2. The summed E-state index contributed by atoms with van der Waals surface area (Å²) >= 11 is 0. The Hall–Kier alpha value is -0.760. The average molecular weight is 348 g/mol. The standard InChI is InChI=1S/C16H16O6.2Na/c1-3-21-13-9-7-5-6-8-10(9)14(22-4-2)12(16(19)20)11(13)15(17)18;;/h5-8H,3-4H2,1-2H3,(H,17,18)(H,19,20);;/q;2*+1/p-2. The number of carbonyl (C=O) groups excluding carboxylic acids is 2. The van der Waals surface area contributed by atoms with Crippen LogP contribution in [0.15, 0.2) is 24.3 Å². The van der Waals surface area contributed by atoms with E-state index in [1.54, 1.807) is 38.1 Å². The van der Waals surface area contributed by atoms with Crippen LogP contribution in [0.25, 0.3) is 10.8 Å². The second-order valence-corrected chi connectivity index (χ2v) is 4.39. The molecule has 2 aromatic rings. The van der Waals surface area contributed by atoms with E-state index in [9.17, 15) is 19.8 Å². The number of fused-ring (bicyclic) bond motifs is 1. The summed E-state index contributed by atoms with van der Waals surface area (Å²) in [6.07, 6.45) is 0. The van der Waals surface area contributed by atoms with Gasteiger partial charge in [-0.1, -0.05) is 24.3 Å². The number of rotatable bonds is 6. The molecule has 0 spiro atoms. The second kappa shape index (κ2) is 10.3. The molecule has 0 aromatic heterocycles. The van der Waals surface area contributed by atoms with Crippen LogP contribution in [-0.4, -0.2) is 25.2 Å². The van der Waals surface area contributed by atoms with Crippen molar-refractivity contribution >= 4 is 22.7 Å². The van der Waals surface area contributed by atoms with Crippen molar-refractivity contribution in [1.29, 1.82) is 0 Å². The molecular formula is C16H14Na2O6. The van der Waals surface area contributed by atoms with Gasteiger partial charge in [0, 0.05) is 10.8 Å². The fourth-order valence-electron chi connectivity index (χ4n) is 2.35. The molecule has 0 saturated heterocycles. The number of hydrogen-bond donors (Lipinski definition) is 0. The van der Waals surface area contributed by atoms with Gasteiger partial charge in [-0.25, -0.2) is 0 Å². The minimum absolute atomic E-state index is 0. The molecule has 0 N–H and O–H groups in total. The Morgan fingerprint density at radius 2 is 1.17 bits per heavy atom. The Bertz CT molecular complexity index is 682. The van der Waals surface area contributed by atoms with Gasteiger partial charge in [0.1, 0.15) is 11.5 Å². The molecule has 0 aliphatic rings. The summed E-state index contributed by atoms with van der Waals surface area (Å²) in [4.78, 5) is 23.0. The third kappa shape index (κ3) is 4.45. The molecule has 0 radical (unpaired) electrons. The topological polar surface area (TPSA) is 98.7 Å². The van der Waals surface area contributed by atoms with E-state index in [4.69, 9.17) is 9.47 Å². The zero-order valence-corrected chi connectivity index (χ0v) is 18.2. The van der Waals surface area contributed by atoms with Gasteiger partial charge < -0.3 is 29.3 Å². The van der Waals surface area contributed by atoms with E-state index < -0.39 is 23.1 Å². The normalized spacial score (nSPS) is 9.58. The van der Waals surface area contributed by atoms with Crippen molar-refractivity contribution in [3.8, 4) is 11.5 Å². The van der Waals surface area contributed by atoms with Gasteiger partial charge in [0.15, 0.2) is 0 Å². The molecule has 6 nitrogen and oxygen atoms in total. The molecular weight excluding hydrogens is 334 g/mol. The van der Waals surface area contributed by atoms with Crippen LogP contribution < -0.4 is 78.8 Å². The van der Waals surface area contributed by atoms with E-state index in [1.165, 1.54) is 0 Å². The van der Waals surface area contributed by atoms with Crippen molar-refractivity contribution in [2.24, 2.45) is 0 Å². The molecule has 2 aromatic carbocycles. The SMILES string of the molecule is CCOc1c(C(=O)[O-])c(C(=O)[O-])c(OCC)c2ccccc12.[Na+].[Na+]. The molecule has 0 saturated carbocycles. The molecule has 0 aliphatic heterocycles. The Morgan fingerprint density at radius 3 is 1.42 bits per heavy atom. The summed E-state index contributed by atoms with van der Waals surface area (Å²) < 4.78 is 10.7. The van der Waals surface area contributed by atoms with Gasteiger partial charge in [-0.2, -0.15) is 0 Å². The summed E-state index contributed by atoms with van der Waals surface area (Å²) in [6.45, 7) is 3.68. The molecule has 0 atom stereocenters. The van der Waals surface area contributed by atoms with Crippen LogP contribution >= 0.6 is 0 Å². The minimum atomic E-state index is -1.66. The van der Waals surface area contributed by atoms with Gasteiger partial charge in [-0.15, -0.1) is 0 Å². The first-order valence-electron chi connectivity index (χ1n) is 6.79. The van der Waals surface area contributed by atoms with Crippen molar-refractivity contribution < 1.29 is 88.4 Å². The smallest absolute Gasteiger partial charge is 0.545 e. The maximum Gasteiger partial charge on any atom is 1.00 e. The summed E-state index contributed by atoms with van der Waals surface area (Å²) in [5.41, 5.74) is -1.13. The first-order chi connectivity index (χ1) is 10.5. The van der Waals surface area contributed by atoms with E-state index in [0.29, 0.717) is 10.8 Å². The molecule has 2 rings (SSSR count). The van der Waals surface area contributed by atoms with E-state index >= 15 is 0 Å². The Balaban J connectivity index is 0.00000264. The molecule has 116 valence electrons. The molecule has 8 heteroatoms. The monoisotopic (exact) mass is 348 g/mol. The van der Waals surface area contributed by atoms with Crippen molar-refractivity contribution in [1.82, 2.24) is 0 Å². The van der Waals surface area contributed by atoms with Gasteiger partial charge in [0.2, 0.25) is 0 Å². The van der Waals surface area contributed by atoms with E-state index in [-0.39, 0.29) is 83.8 Å². The van der Waals surface area contributed by atoms with Crippen molar-refractivity contribution in [3.63, 3.8) is 0 Å². The predicted octanol–water partition coefficient (Wildman–Crippen LogP) is -5.63. The van der Waals surface area contributed by atoms with Crippen LogP contribution in [0.4, 0.5) is 0 Å². The van der Waals surface area contributed by atoms with Gasteiger partial charge >= 0.3 is 59.1 Å². The fourth-order valence-corrected chi connectivity index (χ4v) is 2.35. The number of benzene rings is 2. The molecule has 0 amide bonds. The first kappa shape index (κ1) is 23.2. The summed E-state index contributed by atoms with van der Waals surface area (Å²) in [6, 6.07) is 6.65. The van der Waals surface area contributed by atoms with Crippen LogP contribution in [0, 0.1) is 0 Å². The average Bonchev–Trinajstić information content (AvgIpc) is 2.48. The summed E-state index contributed by atoms with van der Waals surface area (Å²) in [5, 5.41) is 23.9. The van der Waals surface area contributed by atoms with Gasteiger partial charge in [0.25, 0.3) is 0 Å². The Labute approximate surface area is 183 Å². The number of hydrogen-bond acceptors (Lipinski definition) is 6. The van der Waals surface area contributed by atoms with E-state index in [0.717, 1.165) is 0 Å². The molecule has 24 heavy (non-hydrogen) atoms. The van der Waals surface area contributed by atoms with E-state index in [2.05, 4.69) is 0 Å². The van der Waals surface area contributed by atoms with Crippen LogP contribution in [0.5, 0.6) is 11.5 Å². The quantitative estimate of drug-likeness (QED) is 0.483. The van der Waals surface area contributed by atoms with Gasteiger partial charge in [-0.05, 0) is 13.8 Å².